The molecule has 0 saturated heterocycles. The van der Waals surface area contributed by atoms with Crippen LogP contribution in [0.5, 0.6) is 5.75 Å². The summed E-state index contributed by atoms with van der Waals surface area (Å²) >= 11 is 0. The fourth-order valence-corrected chi connectivity index (χ4v) is 3.80. The van der Waals surface area contributed by atoms with Crippen molar-refractivity contribution < 1.29 is 10.2 Å². The number of aliphatic hydroxyl groups is 1. The van der Waals surface area contributed by atoms with E-state index >= 15 is 0 Å². The molecule has 152 valence electrons. The van der Waals surface area contributed by atoms with Crippen molar-refractivity contribution in [2.24, 2.45) is 5.73 Å². The Morgan fingerprint density at radius 3 is 2.76 bits per heavy atom. The van der Waals surface area contributed by atoms with Gasteiger partial charge in [-0.3, -0.25) is 4.79 Å². The van der Waals surface area contributed by atoms with Gasteiger partial charge in [0.05, 0.1) is 27.5 Å². The highest BCUT2D eigenvalue weighted by Crippen LogP contribution is 2.40. The van der Waals surface area contributed by atoms with Crippen LogP contribution in [0, 0.1) is 0 Å². The molecule has 4 rings (SSSR count). The van der Waals surface area contributed by atoms with Crippen LogP contribution in [-0.4, -0.2) is 46.1 Å². The number of unbranched alkanes of at least 4 members (excludes halogenated alkanes) is 1. The number of aromatic hydroxyl groups is 1. The first-order valence-electron chi connectivity index (χ1n) is 9.84. The number of rotatable bonds is 9. The second-order valence-electron chi connectivity index (χ2n) is 7.06. The van der Waals surface area contributed by atoms with Gasteiger partial charge in [0.2, 0.25) is 0 Å². The van der Waals surface area contributed by atoms with E-state index in [9.17, 15) is 9.90 Å². The molecule has 0 fully saturated rings. The van der Waals surface area contributed by atoms with E-state index in [0.29, 0.717) is 30.5 Å². The Balaban J connectivity index is 1.91. The van der Waals surface area contributed by atoms with Crippen molar-refractivity contribution in [2.45, 2.75) is 19.4 Å². The maximum atomic E-state index is 12.5. The number of benzene rings is 2. The largest absolute Gasteiger partial charge is 0.506 e. The Morgan fingerprint density at radius 2 is 1.97 bits per heavy atom. The molecule has 2 aromatic heterocycles. The monoisotopic (exact) mass is 395 g/mol. The van der Waals surface area contributed by atoms with Crippen molar-refractivity contribution in [1.29, 1.82) is 0 Å². The minimum absolute atomic E-state index is 0.0365. The number of nitrogens with one attached hydrogen (secondary N) is 2. The van der Waals surface area contributed by atoms with Gasteiger partial charge >= 0.3 is 0 Å². The molecule has 0 aliphatic carbocycles. The number of hydrogen-bond acceptors (Lipinski definition) is 7. The molecule has 0 aliphatic heterocycles. The number of anilines is 1. The Hall–Kier alpha value is -2.94. The summed E-state index contributed by atoms with van der Waals surface area (Å²) in [6.45, 7) is 2.51. The molecule has 2 heterocycles. The van der Waals surface area contributed by atoms with E-state index in [0.717, 1.165) is 41.7 Å². The summed E-state index contributed by atoms with van der Waals surface area (Å²) in [5.74, 6) is -0.0365. The number of fused-ring (bicyclic) bond motifs is 2. The van der Waals surface area contributed by atoms with Gasteiger partial charge in [0.15, 0.2) is 5.43 Å². The lowest BCUT2D eigenvalue weighted by Crippen LogP contribution is -2.15. The van der Waals surface area contributed by atoms with E-state index in [1.54, 1.807) is 16.6 Å². The first-order valence-corrected chi connectivity index (χ1v) is 9.84. The van der Waals surface area contributed by atoms with Crippen molar-refractivity contribution >= 4 is 32.9 Å². The zero-order valence-electron chi connectivity index (χ0n) is 16.1. The smallest absolute Gasteiger partial charge is 0.191 e. The van der Waals surface area contributed by atoms with Gasteiger partial charge in [0.25, 0.3) is 0 Å². The van der Waals surface area contributed by atoms with Crippen molar-refractivity contribution in [3.05, 3.63) is 46.2 Å². The predicted molar refractivity (Wildman–Crippen MR) is 115 cm³/mol. The molecule has 8 heteroatoms. The van der Waals surface area contributed by atoms with E-state index < -0.39 is 0 Å². The zero-order chi connectivity index (χ0) is 20.4. The molecular formula is C21H25N5O3. The number of pyridine rings is 1. The van der Waals surface area contributed by atoms with Crippen LogP contribution >= 0.6 is 0 Å². The van der Waals surface area contributed by atoms with Gasteiger partial charge in [-0.25, -0.2) is 4.52 Å². The molecular weight excluding hydrogens is 370 g/mol. The minimum Gasteiger partial charge on any atom is -0.506 e. The Kier molecular flexibility index (Phi) is 5.48. The van der Waals surface area contributed by atoms with Gasteiger partial charge in [-0.05, 0) is 43.7 Å². The van der Waals surface area contributed by atoms with Crippen LogP contribution in [-0.2, 0) is 6.54 Å². The van der Waals surface area contributed by atoms with Gasteiger partial charge < -0.3 is 26.6 Å². The van der Waals surface area contributed by atoms with E-state index in [-0.39, 0.29) is 23.2 Å². The molecule has 29 heavy (non-hydrogen) atoms. The third-order valence-electron chi connectivity index (χ3n) is 5.14. The van der Waals surface area contributed by atoms with Crippen molar-refractivity contribution in [1.82, 2.24) is 14.9 Å². The fraction of sp³-hybridized carbons (Fsp3) is 0.333. The highest BCUT2D eigenvalue weighted by molar-refractivity contribution is 6.13. The molecule has 0 atom stereocenters. The van der Waals surface area contributed by atoms with Crippen LogP contribution in [0.15, 0.2) is 35.1 Å². The van der Waals surface area contributed by atoms with E-state index in [1.807, 2.05) is 12.1 Å². The second-order valence-corrected chi connectivity index (χ2v) is 7.06. The van der Waals surface area contributed by atoms with E-state index in [2.05, 4.69) is 10.6 Å². The van der Waals surface area contributed by atoms with E-state index in [1.165, 1.54) is 6.07 Å². The number of aliphatic hydroxyl groups excluding tert-OH is 1. The molecule has 0 unspecified atom stereocenters. The molecule has 4 aromatic rings. The predicted octanol–water partition coefficient (Wildman–Crippen LogP) is 1.38. The average Bonchev–Trinajstić information content (AvgIpc) is 3.09. The summed E-state index contributed by atoms with van der Waals surface area (Å²) in [7, 11) is 0. The summed E-state index contributed by atoms with van der Waals surface area (Å²) in [6, 6.07) is 8.78. The minimum atomic E-state index is -0.244. The summed E-state index contributed by atoms with van der Waals surface area (Å²) < 4.78 is 1.75. The lowest BCUT2D eigenvalue weighted by Gasteiger charge is -2.13. The van der Waals surface area contributed by atoms with Crippen LogP contribution in [0.25, 0.3) is 27.2 Å². The Bertz CT molecular complexity index is 1200. The normalized spacial score (nSPS) is 11.8. The molecule has 2 aromatic carbocycles. The molecule has 0 bridgehead atoms. The van der Waals surface area contributed by atoms with Gasteiger partial charge in [-0.15, -0.1) is 0 Å². The Morgan fingerprint density at radius 1 is 1.10 bits per heavy atom. The fourth-order valence-electron chi connectivity index (χ4n) is 3.80. The standard InChI is InChI=1S/C21H25N5O3/c22-8-10-24-14-7-6-13-15(12-23-9-1-2-11-27)25-26-16-4-3-5-17(28)19(16)21(29)18(14)20(13)26/h3-7,23-24,27,29H,1-2,8-12,22H2. The lowest BCUT2D eigenvalue weighted by atomic mass is 10.0. The molecule has 6 N–H and O–H groups in total. The van der Waals surface area contributed by atoms with Crippen LogP contribution in [0.1, 0.15) is 18.5 Å². The Labute approximate surface area is 167 Å². The summed E-state index contributed by atoms with van der Waals surface area (Å²) in [5, 5.41) is 33.1. The SMILES string of the molecule is NCCNc1ccc2c(CNCCCCO)nn3c4cccc(=O)c4c(O)c1c23. The second kappa shape index (κ2) is 8.20. The summed E-state index contributed by atoms with van der Waals surface area (Å²) in [5.41, 5.74) is 8.30. The summed E-state index contributed by atoms with van der Waals surface area (Å²) in [4.78, 5) is 12.5. The van der Waals surface area contributed by atoms with E-state index in [4.69, 9.17) is 15.9 Å². The quantitative estimate of drug-likeness (QED) is 0.214. The number of nitrogens with two attached hydrogens (primary N) is 1. The highest BCUT2D eigenvalue weighted by atomic mass is 16.3. The van der Waals surface area contributed by atoms with Crippen LogP contribution < -0.4 is 21.8 Å². The van der Waals surface area contributed by atoms with Crippen molar-refractivity contribution in [3.63, 3.8) is 0 Å². The summed E-state index contributed by atoms with van der Waals surface area (Å²) in [6.07, 6.45) is 1.63. The molecule has 0 aliphatic rings. The van der Waals surface area contributed by atoms with Gasteiger partial charge in [-0.2, -0.15) is 5.10 Å². The van der Waals surface area contributed by atoms with Crippen molar-refractivity contribution in [3.8, 4) is 5.75 Å². The van der Waals surface area contributed by atoms with Gasteiger partial charge in [-0.1, -0.05) is 6.07 Å². The van der Waals surface area contributed by atoms with Crippen LogP contribution in [0.2, 0.25) is 0 Å². The first kappa shape index (κ1) is 19.4. The molecule has 0 amide bonds. The maximum absolute atomic E-state index is 12.5. The van der Waals surface area contributed by atoms with Gasteiger partial charge in [0, 0.05) is 37.3 Å². The maximum Gasteiger partial charge on any atom is 0.191 e. The number of aromatic nitrogens is 2. The molecule has 0 radical (unpaired) electrons. The number of hydrogen-bond donors (Lipinski definition) is 5. The van der Waals surface area contributed by atoms with Crippen molar-refractivity contribution in [2.75, 3.05) is 31.6 Å². The molecule has 8 nitrogen and oxygen atoms in total. The zero-order valence-corrected chi connectivity index (χ0v) is 16.1. The topological polar surface area (TPSA) is 125 Å². The van der Waals surface area contributed by atoms with Crippen LogP contribution in [0.3, 0.4) is 0 Å². The van der Waals surface area contributed by atoms with Crippen LogP contribution in [0.4, 0.5) is 5.69 Å². The average molecular weight is 395 g/mol. The first-order chi connectivity index (χ1) is 14.2. The number of nitrogens with zero attached hydrogens (tertiary/aromatic N) is 2. The third kappa shape index (κ3) is 3.35. The lowest BCUT2D eigenvalue weighted by molar-refractivity contribution is 0.283. The molecule has 0 saturated carbocycles. The van der Waals surface area contributed by atoms with Gasteiger partial charge in [0.1, 0.15) is 5.75 Å². The molecule has 0 spiro atoms. The highest BCUT2D eigenvalue weighted by Gasteiger charge is 2.21. The third-order valence-corrected chi connectivity index (χ3v) is 5.14.